The van der Waals surface area contributed by atoms with Gasteiger partial charge < -0.3 is 0 Å². The van der Waals surface area contributed by atoms with Crippen molar-refractivity contribution in [2.24, 2.45) is 0 Å². The van der Waals surface area contributed by atoms with Crippen LogP contribution in [0.4, 0.5) is 0 Å². The van der Waals surface area contributed by atoms with E-state index in [9.17, 15) is 0 Å². The molecule has 0 rings (SSSR count). The van der Waals surface area contributed by atoms with Gasteiger partial charge in [-0.2, -0.15) is 0 Å². The molecule has 1 radical (unpaired) electrons. The summed E-state index contributed by atoms with van der Waals surface area (Å²) in [4.78, 5) is 0. The molecule has 0 saturated carbocycles. The van der Waals surface area contributed by atoms with Crippen molar-refractivity contribution in [3.05, 3.63) is 61.3 Å². The van der Waals surface area contributed by atoms with E-state index in [4.69, 9.17) is 6.58 Å². The van der Waals surface area contributed by atoms with E-state index in [-0.39, 0.29) is 0 Å². The molecule has 129 valence electrons. The lowest BCUT2D eigenvalue weighted by Gasteiger charge is -2.01. The first-order valence-electron chi connectivity index (χ1n) is 9.62. The lowest BCUT2D eigenvalue weighted by molar-refractivity contribution is 0.550. The second-order valence-corrected chi connectivity index (χ2v) is 6.10. The van der Waals surface area contributed by atoms with Crippen LogP contribution in [0.25, 0.3) is 0 Å². The largest absolute Gasteiger partial charge is 0.0845 e. The highest BCUT2D eigenvalue weighted by molar-refractivity contribution is 5.16. The molecule has 0 atom stereocenters. The van der Waals surface area contributed by atoms with Gasteiger partial charge in [-0.15, -0.1) is 0 Å². The van der Waals surface area contributed by atoms with E-state index >= 15 is 0 Å². The maximum absolute atomic E-state index is 5.23. The average molecular weight is 314 g/mol. The highest BCUT2D eigenvalue weighted by Crippen LogP contribution is 2.11. The van der Waals surface area contributed by atoms with E-state index in [2.05, 4.69) is 25.2 Å². The topological polar surface area (TPSA) is 0 Å². The van der Waals surface area contributed by atoms with Crippen LogP contribution in [0.15, 0.2) is 54.7 Å². The van der Waals surface area contributed by atoms with Gasteiger partial charge in [0.25, 0.3) is 0 Å². The van der Waals surface area contributed by atoms with Crippen LogP contribution in [0.1, 0.15) is 84.0 Å². The Morgan fingerprint density at radius 2 is 0.957 bits per heavy atom. The van der Waals surface area contributed by atoms with Gasteiger partial charge in [-0.05, 0) is 12.8 Å². The Hall–Kier alpha value is -1.30. The van der Waals surface area contributed by atoms with Crippen molar-refractivity contribution in [2.75, 3.05) is 0 Å². The van der Waals surface area contributed by atoms with Gasteiger partial charge in [-0.1, -0.05) is 132 Å². The molecule has 0 aromatic carbocycles. The molecule has 0 fully saturated rings. The third-order valence-corrected chi connectivity index (χ3v) is 3.89. The highest BCUT2D eigenvalue weighted by atomic mass is 14.0. The first-order chi connectivity index (χ1) is 11.4. The average Bonchev–Trinajstić information content (AvgIpc) is 2.57. The maximum atomic E-state index is 5.23. The van der Waals surface area contributed by atoms with Crippen LogP contribution in [0.3, 0.4) is 0 Å². The van der Waals surface area contributed by atoms with Crippen LogP contribution in [0, 0.1) is 6.58 Å². The lowest BCUT2D eigenvalue weighted by Crippen LogP contribution is -1.81. The van der Waals surface area contributed by atoms with Crippen LogP contribution < -0.4 is 0 Å². The van der Waals surface area contributed by atoms with Crippen molar-refractivity contribution in [3.63, 3.8) is 0 Å². The molecule has 0 bridgehead atoms. The van der Waals surface area contributed by atoms with E-state index in [0.717, 1.165) is 0 Å². The molecule has 0 saturated heterocycles. The second-order valence-electron chi connectivity index (χ2n) is 6.10. The molecule has 0 aliphatic heterocycles. The SMILES string of the molecule is [CH]=CC=CC=CC=CC=CCCCCCCCCCCCCC. The molecular weight excluding hydrogens is 276 g/mol. The molecular formula is C23H37. The minimum absolute atomic E-state index is 1.20. The number of rotatable bonds is 16. The number of hydrogen-bond acceptors (Lipinski definition) is 0. The van der Waals surface area contributed by atoms with Crippen LogP contribution in [0.2, 0.25) is 0 Å². The Bertz CT molecular complexity index is 341. The highest BCUT2D eigenvalue weighted by Gasteiger charge is 1.92. The van der Waals surface area contributed by atoms with Crippen molar-refractivity contribution in [2.45, 2.75) is 84.0 Å². The fourth-order valence-corrected chi connectivity index (χ4v) is 2.49. The Morgan fingerprint density at radius 3 is 1.48 bits per heavy atom. The number of allylic oxidation sites excluding steroid dienone is 9. The summed E-state index contributed by atoms with van der Waals surface area (Å²) in [5.41, 5.74) is 0. The molecule has 0 N–H and O–H groups in total. The van der Waals surface area contributed by atoms with Gasteiger partial charge in [-0.25, -0.2) is 0 Å². The molecule has 0 spiro atoms. The molecule has 23 heavy (non-hydrogen) atoms. The van der Waals surface area contributed by atoms with Crippen molar-refractivity contribution >= 4 is 0 Å². The molecule has 0 aromatic heterocycles. The van der Waals surface area contributed by atoms with Crippen molar-refractivity contribution in [1.82, 2.24) is 0 Å². The minimum Gasteiger partial charge on any atom is -0.0845 e. The lowest BCUT2D eigenvalue weighted by atomic mass is 10.1. The maximum Gasteiger partial charge on any atom is -0.0348 e. The summed E-state index contributed by atoms with van der Waals surface area (Å²) in [6, 6.07) is 0. The van der Waals surface area contributed by atoms with Gasteiger partial charge in [-0.3, -0.25) is 0 Å². The van der Waals surface area contributed by atoms with Gasteiger partial charge in [0, 0.05) is 0 Å². The number of hydrogen-bond donors (Lipinski definition) is 0. The Morgan fingerprint density at radius 1 is 0.522 bits per heavy atom. The molecule has 0 heterocycles. The molecule has 0 nitrogen and oxygen atoms in total. The monoisotopic (exact) mass is 313 g/mol. The third-order valence-electron chi connectivity index (χ3n) is 3.89. The molecule has 0 aliphatic carbocycles. The first kappa shape index (κ1) is 21.7. The van der Waals surface area contributed by atoms with Crippen LogP contribution in [0.5, 0.6) is 0 Å². The van der Waals surface area contributed by atoms with Gasteiger partial charge in [0.1, 0.15) is 0 Å². The fourth-order valence-electron chi connectivity index (χ4n) is 2.49. The third kappa shape index (κ3) is 20.7. The first-order valence-corrected chi connectivity index (χ1v) is 9.62. The van der Waals surface area contributed by atoms with Gasteiger partial charge in [0.15, 0.2) is 0 Å². The molecule has 0 aromatic rings. The zero-order valence-electron chi connectivity index (χ0n) is 15.3. The Labute approximate surface area is 145 Å². The summed E-state index contributed by atoms with van der Waals surface area (Å²) in [7, 11) is 0. The predicted molar refractivity (Wildman–Crippen MR) is 107 cm³/mol. The standard InChI is InChI=1S/C23H37/c1-3-5-7-9-11-13-15-17-19-21-23-22-20-18-16-14-12-10-8-6-4-2/h1,3,5,7,9,11,13,15,17,19H,4,6,8,10,12,14,16,18,20-23H2,2H3. The van der Waals surface area contributed by atoms with E-state index in [1.165, 1.54) is 83.1 Å². The van der Waals surface area contributed by atoms with Gasteiger partial charge in [0.05, 0.1) is 0 Å². The summed E-state index contributed by atoms with van der Waals surface area (Å²) in [5.74, 6) is 0. The minimum atomic E-state index is 1.20. The van der Waals surface area contributed by atoms with Crippen LogP contribution in [-0.2, 0) is 0 Å². The fraction of sp³-hybridized carbons (Fsp3) is 0.565. The molecule has 0 aliphatic rings. The quantitative estimate of drug-likeness (QED) is 0.201. The van der Waals surface area contributed by atoms with Crippen LogP contribution >= 0.6 is 0 Å². The smallest absolute Gasteiger partial charge is 0.0348 e. The molecule has 0 amide bonds. The summed E-state index contributed by atoms with van der Waals surface area (Å²) < 4.78 is 0. The zero-order valence-corrected chi connectivity index (χ0v) is 15.3. The summed E-state index contributed by atoms with van der Waals surface area (Å²) >= 11 is 0. The summed E-state index contributed by atoms with van der Waals surface area (Å²) in [6.07, 6.45) is 34.5. The van der Waals surface area contributed by atoms with Gasteiger partial charge in [0.2, 0.25) is 0 Å². The molecule has 0 unspecified atom stereocenters. The predicted octanol–water partition coefficient (Wildman–Crippen LogP) is 7.90. The normalized spacial score (nSPS) is 12.4. The zero-order chi connectivity index (χ0) is 16.8. The van der Waals surface area contributed by atoms with E-state index in [1.807, 2.05) is 30.4 Å². The van der Waals surface area contributed by atoms with E-state index in [0.29, 0.717) is 0 Å². The summed E-state index contributed by atoms with van der Waals surface area (Å²) in [5, 5.41) is 0. The second kappa shape index (κ2) is 20.7. The summed E-state index contributed by atoms with van der Waals surface area (Å²) in [6.45, 7) is 7.51. The van der Waals surface area contributed by atoms with Crippen molar-refractivity contribution < 1.29 is 0 Å². The number of unbranched alkanes of at least 4 members (excludes halogenated alkanes) is 11. The molecule has 0 heteroatoms. The Balaban J connectivity index is 3.24. The Kier molecular flexibility index (Phi) is 19.5. The van der Waals surface area contributed by atoms with Crippen molar-refractivity contribution in [3.8, 4) is 0 Å². The van der Waals surface area contributed by atoms with Crippen LogP contribution in [-0.4, -0.2) is 0 Å². The van der Waals surface area contributed by atoms with Crippen molar-refractivity contribution in [1.29, 1.82) is 0 Å². The van der Waals surface area contributed by atoms with E-state index < -0.39 is 0 Å². The van der Waals surface area contributed by atoms with Gasteiger partial charge >= 0.3 is 0 Å². The van der Waals surface area contributed by atoms with E-state index in [1.54, 1.807) is 0 Å².